The van der Waals surface area contributed by atoms with E-state index >= 15 is 0 Å². The zero-order valence-corrected chi connectivity index (χ0v) is 18.7. The van der Waals surface area contributed by atoms with E-state index in [9.17, 15) is 14.4 Å². The van der Waals surface area contributed by atoms with E-state index in [2.05, 4.69) is 10.3 Å². The monoisotopic (exact) mass is 439 g/mol. The third-order valence-electron chi connectivity index (χ3n) is 6.42. The molecule has 2 aliphatic rings. The Morgan fingerprint density at radius 2 is 1.88 bits per heavy atom. The lowest BCUT2D eigenvalue weighted by Crippen LogP contribution is -2.42. The number of piperidine rings is 1. The Morgan fingerprint density at radius 3 is 2.44 bits per heavy atom. The van der Waals surface area contributed by atoms with Crippen LogP contribution < -0.4 is 10.1 Å². The molecule has 3 heterocycles. The minimum absolute atomic E-state index is 0.0293. The number of amides is 3. The average Bonchev–Trinajstić information content (AvgIpc) is 3.42. The number of imidazole rings is 1. The third-order valence-corrected chi connectivity index (χ3v) is 6.42. The molecule has 1 aromatic heterocycles. The van der Waals surface area contributed by atoms with Gasteiger partial charge in [0, 0.05) is 51.6 Å². The molecule has 1 atom stereocenters. The average molecular weight is 440 g/mol. The van der Waals surface area contributed by atoms with Crippen molar-refractivity contribution in [3.05, 3.63) is 35.8 Å². The Labute approximate surface area is 187 Å². The standard InChI is InChI=1S/C23H29N5O4/c1-24-22(30)20-19(14-4-6-17(32-3)7-5-14)25-21(26-20)15-8-10-28(11-9-15)23(31)16-12-18(29)27(2)13-16/h4-7,15-16H,8-13H2,1-3H3,(H,24,30)(H,25,26)/t16-/m0/s1. The smallest absolute Gasteiger partial charge is 0.269 e. The summed E-state index contributed by atoms with van der Waals surface area (Å²) in [7, 11) is 4.94. The highest BCUT2D eigenvalue weighted by Crippen LogP contribution is 2.32. The molecule has 2 aromatic rings. The molecule has 0 bridgehead atoms. The van der Waals surface area contributed by atoms with Crippen molar-refractivity contribution in [3.63, 3.8) is 0 Å². The van der Waals surface area contributed by atoms with Crippen LogP contribution in [0.4, 0.5) is 0 Å². The molecular formula is C23H29N5O4. The number of ether oxygens (including phenoxy) is 1. The van der Waals surface area contributed by atoms with Crippen molar-refractivity contribution in [2.24, 2.45) is 5.92 Å². The topological polar surface area (TPSA) is 108 Å². The van der Waals surface area contributed by atoms with Crippen LogP contribution in [0, 0.1) is 5.92 Å². The van der Waals surface area contributed by atoms with Gasteiger partial charge in [-0.05, 0) is 37.1 Å². The molecular weight excluding hydrogens is 410 g/mol. The summed E-state index contributed by atoms with van der Waals surface area (Å²) in [5.41, 5.74) is 1.86. The third kappa shape index (κ3) is 4.19. The summed E-state index contributed by atoms with van der Waals surface area (Å²) in [4.78, 5) is 48.6. The molecule has 0 radical (unpaired) electrons. The van der Waals surface area contributed by atoms with Gasteiger partial charge in [-0.2, -0.15) is 0 Å². The lowest BCUT2D eigenvalue weighted by molar-refractivity contribution is -0.136. The zero-order chi connectivity index (χ0) is 22.8. The van der Waals surface area contributed by atoms with Crippen LogP contribution in [0.15, 0.2) is 24.3 Å². The van der Waals surface area contributed by atoms with Crippen LogP contribution in [0.3, 0.4) is 0 Å². The maximum atomic E-state index is 12.8. The summed E-state index contributed by atoms with van der Waals surface area (Å²) in [5.74, 6) is 1.25. The van der Waals surface area contributed by atoms with E-state index in [4.69, 9.17) is 9.72 Å². The first-order valence-corrected chi connectivity index (χ1v) is 10.9. The van der Waals surface area contributed by atoms with Gasteiger partial charge in [-0.3, -0.25) is 14.4 Å². The second-order valence-corrected chi connectivity index (χ2v) is 8.43. The number of nitrogens with zero attached hydrogens (tertiary/aromatic N) is 3. The minimum Gasteiger partial charge on any atom is -0.497 e. The highest BCUT2D eigenvalue weighted by Gasteiger charge is 2.36. The fourth-order valence-corrected chi connectivity index (χ4v) is 4.49. The number of benzene rings is 1. The molecule has 1 aromatic carbocycles. The maximum Gasteiger partial charge on any atom is 0.269 e. The van der Waals surface area contributed by atoms with Crippen LogP contribution in [0.5, 0.6) is 5.75 Å². The molecule has 0 spiro atoms. The minimum atomic E-state index is -0.241. The number of aromatic amines is 1. The van der Waals surface area contributed by atoms with E-state index in [1.165, 1.54) is 0 Å². The van der Waals surface area contributed by atoms with Gasteiger partial charge in [-0.1, -0.05) is 0 Å². The SMILES string of the molecule is CNC(=O)c1[nH]c(C2CCN(C(=O)[C@H]3CC(=O)N(C)C3)CC2)nc1-c1ccc(OC)cc1. The van der Waals surface area contributed by atoms with Gasteiger partial charge in [0.05, 0.1) is 13.0 Å². The number of carbonyl (C=O) groups is 3. The van der Waals surface area contributed by atoms with Crippen LogP contribution in [0.25, 0.3) is 11.3 Å². The van der Waals surface area contributed by atoms with Gasteiger partial charge in [0.1, 0.15) is 23.0 Å². The van der Waals surface area contributed by atoms with Gasteiger partial charge in [0.15, 0.2) is 0 Å². The van der Waals surface area contributed by atoms with Crippen molar-refractivity contribution < 1.29 is 19.1 Å². The van der Waals surface area contributed by atoms with Gasteiger partial charge in [0.2, 0.25) is 11.8 Å². The quantitative estimate of drug-likeness (QED) is 0.736. The van der Waals surface area contributed by atoms with Crippen molar-refractivity contribution >= 4 is 17.7 Å². The molecule has 2 N–H and O–H groups in total. The van der Waals surface area contributed by atoms with Crippen LogP contribution >= 0.6 is 0 Å². The highest BCUT2D eigenvalue weighted by atomic mass is 16.5. The van der Waals surface area contributed by atoms with Gasteiger partial charge in [-0.15, -0.1) is 0 Å². The molecule has 4 rings (SSSR count). The van der Waals surface area contributed by atoms with E-state index in [-0.39, 0.29) is 29.6 Å². The van der Waals surface area contributed by atoms with Crippen molar-refractivity contribution in [1.29, 1.82) is 0 Å². The first-order chi connectivity index (χ1) is 15.4. The summed E-state index contributed by atoms with van der Waals surface area (Å²) in [6.07, 6.45) is 1.81. The largest absolute Gasteiger partial charge is 0.497 e. The fourth-order valence-electron chi connectivity index (χ4n) is 4.49. The van der Waals surface area contributed by atoms with Gasteiger partial charge in [0.25, 0.3) is 5.91 Å². The Kier molecular flexibility index (Phi) is 6.16. The summed E-state index contributed by atoms with van der Waals surface area (Å²) in [5, 5.41) is 2.67. The Balaban J connectivity index is 1.48. The van der Waals surface area contributed by atoms with Crippen molar-refractivity contribution in [2.45, 2.75) is 25.2 Å². The molecule has 2 fully saturated rings. The second kappa shape index (κ2) is 9.02. The van der Waals surface area contributed by atoms with E-state index in [1.54, 1.807) is 26.1 Å². The number of methoxy groups -OCH3 is 1. The summed E-state index contributed by atoms with van der Waals surface area (Å²) in [6, 6.07) is 7.44. The Morgan fingerprint density at radius 1 is 1.19 bits per heavy atom. The normalized spacial score (nSPS) is 19.3. The number of likely N-dealkylation sites (tertiary alicyclic amines) is 2. The molecule has 9 nitrogen and oxygen atoms in total. The fraction of sp³-hybridized carbons (Fsp3) is 0.478. The number of nitrogens with one attached hydrogen (secondary N) is 2. The lowest BCUT2D eigenvalue weighted by atomic mass is 9.95. The van der Waals surface area contributed by atoms with Gasteiger partial charge in [-0.25, -0.2) is 4.98 Å². The number of hydrogen-bond donors (Lipinski definition) is 2. The summed E-state index contributed by atoms with van der Waals surface area (Å²) >= 11 is 0. The van der Waals surface area contributed by atoms with E-state index in [1.807, 2.05) is 29.2 Å². The van der Waals surface area contributed by atoms with Crippen molar-refractivity contribution in [3.8, 4) is 17.0 Å². The number of rotatable bonds is 5. The van der Waals surface area contributed by atoms with E-state index in [0.29, 0.717) is 37.4 Å². The Bertz CT molecular complexity index is 1010. The molecule has 0 saturated carbocycles. The second-order valence-electron chi connectivity index (χ2n) is 8.43. The first kappa shape index (κ1) is 21.9. The first-order valence-electron chi connectivity index (χ1n) is 10.9. The molecule has 3 amide bonds. The van der Waals surface area contributed by atoms with Crippen LogP contribution in [-0.4, -0.2) is 78.3 Å². The molecule has 9 heteroatoms. The van der Waals surface area contributed by atoms with Crippen LogP contribution in [0.2, 0.25) is 0 Å². The van der Waals surface area contributed by atoms with Gasteiger partial charge < -0.3 is 24.8 Å². The lowest BCUT2D eigenvalue weighted by Gasteiger charge is -2.32. The summed E-state index contributed by atoms with van der Waals surface area (Å²) < 4.78 is 5.22. The molecule has 0 aliphatic carbocycles. The van der Waals surface area contributed by atoms with Gasteiger partial charge >= 0.3 is 0 Å². The number of hydrogen-bond acceptors (Lipinski definition) is 5. The highest BCUT2D eigenvalue weighted by molar-refractivity contribution is 5.98. The number of carbonyl (C=O) groups excluding carboxylic acids is 3. The maximum absolute atomic E-state index is 12.8. The predicted molar refractivity (Wildman–Crippen MR) is 118 cm³/mol. The Hall–Kier alpha value is -3.36. The molecule has 2 saturated heterocycles. The molecule has 2 aliphatic heterocycles. The number of H-pyrrole nitrogens is 1. The van der Waals surface area contributed by atoms with E-state index < -0.39 is 0 Å². The number of aromatic nitrogens is 2. The van der Waals surface area contributed by atoms with Crippen LogP contribution in [0.1, 0.15) is 41.5 Å². The van der Waals surface area contributed by atoms with Crippen molar-refractivity contribution in [1.82, 2.24) is 25.1 Å². The van der Waals surface area contributed by atoms with Crippen molar-refractivity contribution in [2.75, 3.05) is 40.8 Å². The zero-order valence-electron chi connectivity index (χ0n) is 18.7. The van der Waals surface area contributed by atoms with Crippen LogP contribution in [-0.2, 0) is 9.59 Å². The molecule has 0 unspecified atom stereocenters. The predicted octanol–water partition coefficient (Wildman–Crippen LogP) is 1.63. The molecule has 32 heavy (non-hydrogen) atoms. The molecule has 170 valence electrons. The van der Waals surface area contributed by atoms with E-state index in [0.717, 1.165) is 30.0 Å². The summed E-state index contributed by atoms with van der Waals surface area (Å²) in [6.45, 7) is 1.73.